The Morgan fingerprint density at radius 1 is 0.207 bits per heavy atom. The molecule has 26 aromatic rings. The summed E-state index contributed by atoms with van der Waals surface area (Å²) in [5, 5.41) is 48.7. The average molecular weight is 1420 g/mol. The van der Waals surface area contributed by atoms with Gasteiger partial charge >= 0.3 is 0 Å². The van der Waals surface area contributed by atoms with E-state index < -0.39 is 8.07 Å². The van der Waals surface area contributed by atoms with E-state index >= 15 is 0 Å². The number of aromatic nitrogens is 3. The molecule has 0 amide bonds. The van der Waals surface area contributed by atoms with E-state index in [1.807, 2.05) is 12.1 Å². The highest BCUT2D eigenvalue weighted by atomic mass is 28.3. The van der Waals surface area contributed by atoms with Gasteiger partial charge in [-0.3, -0.25) is 0 Å². The first-order chi connectivity index (χ1) is 54.5. The second-order valence-corrected chi connectivity index (χ2v) is 37.8. The predicted octanol–water partition coefficient (Wildman–Crippen LogP) is 28.6. The van der Waals surface area contributed by atoms with Crippen LogP contribution >= 0.6 is 0 Å². The predicted molar refractivity (Wildman–Crippen MR) is 477 cm³/mol. The fourth-order valence-electron chi connectivity index (χ4n) is 20.3. The molecule has 0 aliphatic rings. The van der Waals surface area contributed by atoms with E-state index in [4.69, 9.17) is 0 Å². The standard InChI is InChI=1S/C106H62N4Si/c1-111(2,3)79-53-96-88-41-75-37-73(81-20-10-17-70-51-102-90(55-84(70)81)94-45-77(66-26-25-64-34-58(57-107)22-23-65(64)35-66)43-92-86-39-60-13-4-6-15-62(60)47-98(86)109(102)104(92)94)30-27-68(75)49-100(88)108-101-50-69-28-31-74(38-76(69)42-89(101)97(54-79)106(96)108)82-21-11-18-71-52-103-91(56-85(71)82)95-46-78(67-32-33-83-72(36-67)29-24-59-12-8-9-19-80(59)83)44-93-87-40-61-14-5-7-16-63(61)48-99(87)110(103)105(93)95/h4-56H,1-3H3. The Kier molecular flexibility index (Phi) is 11.4. The average Bonchev–Trinajstić information content (AvgIpc) is 1.54. The zero-order chi connectivity index (χ0) is 72.7. The molecular formula is C106H62N4Si. The SMILES string of the molecule is C[Si](C)(C)c1cc2c3cc4cc(-c5cccc6cc7c(cc56)c5cc(-c6ccc8cc(C#N)ccc8c6)cc6c8cc9ccccc9cc8n7c65)ccc4cc3n3c4cc5ccc(-c6cccc7cc8c(cc67)c6cc(-c7ccc9c(ccc%10ccccc%109)c7)cc7c9cc%10ccccc%10cc9n8c76)cc5cc4c(c1)c23. The number of hydrogen-bond donors (Lipinski definition) is 0. The van der Waals surface area contributed by atoms with Crippen LogP contribution in [0.5, 0.6) is 0 Å². The van der Waals surface area contributed by atoms with Gasteiger partial charge in [0.05, 0.1) is 69.4 Å². The molecule has 0 unspecified atom stereocenters. The Labute approximate surface area is 635 Å². The fraction of sp³-hybridized carbons (Fsp3) is 0.0283. The molecule has 0 spiro atoms. The number of nitriles is 1. The summed E-state index contributed by atoms with van der Waals surface area (Å²) in [6.07, 6.45) is 0. The molecule has 0 N–H and O–H groups in total. The Balaban J connectivity index is 0.618. The minimum Gasteiger partial charge on any atom is -0.308 e. The van der Waals surface area contributed by atoms with Gasteiger partial charge in [0, 0.05) is 64.6 Å². The molecule has 20 aromatic carbocycles. The Hall–Kier alpha value is -14.2. The molecule has 0 radical (unpaired) electrons. The summed E-state index contributed by atoms with van der Waals surface area (Å²) in [4.78, 5) is 0. The third-order valence-electron chi connectivity index (χ3n) is 25.7. The van der Waals surface area contributed by atoms with E-state index in [1.54, 1.807) is 0 Å². The third-order valence-corrected chi connectivity index (χ3v) is 27.7. The van der Waals surface area contributed by atoms with E-state index in [9.17, 15) is 5.26 Å². The maximum atomic E-state index is 9.73. The van der Waals surface area contributed by atoms with E-state index in [2.05, 4.69) is 348 Å². The molecule has 6 aromatic heterocycles. The van der Waals surface area contributed by atoms with Gasteiger partial charge in [0.1, 0.15) is 0 Å². The molecular weight excluding hydrogens is 1360 g/mol. The Morgan fingerprint density at radius 2 is 0.523 bits per heavy atom. The zero-order valence-corrected chi connectivity index (χ0v) is 61.9. The lowest BCUT2D eigenvalue weighted by atomic mass is 9.93. The van der Waals surface area contributed by atoms with Gasteiger partial charge in [-0.15, -0.1) is 0 Å². The monoisotopic (exact) mass is 1420 g/mol. The summed E-state index contributed by atoms with van der Waals surface area (Å²) in [6, 6.07) is 125. The molecule has 0 aliphatic heterocycles. The molecule has 0 bridgehead atoms. The summed E-state index contributed by atoms with van der Waals surface area (Å²) >= 11 is 0. The Bertz CT molecular complexity index is 8810. The van der Waals surface area contributed by atoms with Crippen LogP contribution < -0.4 is 5.19 Å². The van der Waals surface area contributed by atoms with E-state index in [0.717, 1.165) is 16.3 Å². The summed E-state index contributed by atoms with van der Waals surface area (Å²) in [5.41, 5.74) is 21.6. The molecule has 111 heavy (non-hydrogen) atoms. The van der Waals surface area contributed by atoms with Crippen LogP contribution in [-0.2, 0) is 0 Å². The van der Waals surface area contributed by atoms with Crippen LogP contribution in [-0.4, -0.2) is 21.3 Å². The molecule has 5 heteroatoms. The Morgan fingerprint density at radius 3 is 1.00 bits per heavy atom. The van der Waals surface area contributed by atoms with Gasteiger partial charge in [-0.05, 0) is 275 Å². The van der Waals surface area contributed by atoms with Crippen molar-refractivity contribution in [1.29, 1.82) is 5.26 Å². The van der Waals surface area contributed by atoms with Crippen LogP contribution in [0, 0.1) is 11.3 Å². The second kappa shape index (κ2) is 21.2. The highest BCUT2D eigenvalue weighted by molar-refractivity contribution is 6.89. The molecule has 510 valence electrons. The lowest BCUT2D eigenvalue weighted by molar-refractivity contribution is 1.38. The number of benzene rings is 20. The largest absolute Gasteiger partial charge is 0.308 e. The first kappa shape index (κ1) is 59.9. The first-order valence-electron chi connectivity index (χ1n) is 38.7. The van der Waals surface area contributed by atoms with Crippen molar-refractivity contribution in [3.8, 4) is 50.6 Å². The normalized spacial score (nSPS) is 12.8. The van der Waals surface area contributed by atoms with Crippen LogP contribution in [0.4, 0.5) is 0 Å². The van der Waals surface area contributed by atoms with Gasteiger partial charge in [-0.2, -0.15) is 5.26 Å². The zero-order valence-electron chi connectivity index (χ0n) is 60.9. The van der Waals surface area contributed by atoms with Crippen molar-refractivity contribution in [2.24, 2.45) is 0 Å². The maximum absolute atomic E-state index is 9.73. The van der Waals surface area contributed by atoms with Gasteiger partial charge < -0.3 is 13.2 Å². The van der Waals surface area contributed by atoms with Crippen LogP contribution in [0.1, 0.15) is 5.56 Å². The third kappa shape index (κ3) is 8.20. The van der Waals surface area contributed by atoms with Crippen molar-refractivity contribution < 1.29 is 0 Å². The van der Waals surface area contributed by atoms with Gasteiger partial charge in [0.15, 0.2) is 0 Å². The summed E-state index contributed by atoms with van der Waals surface area (Å²) in [5.74, 6) is 0. The van der Waals surface area contributed by atoms with Crippen molar-refractivity contribution in [2.45, 2.75) is 19.6 Å². The molecule has 4 nitrogen and oxygen atoms in total. The summed E-state index contributed by atoms with van der Waals surface area (Å²) in [6.45, 7) is 7.49. The molecule has 0 fully saturated rings. The van der Waals surface area contributed by atoms with Crippen LogP contribution in [0.3, 0.4) is 0 Å². The molecule has 26 rings (SSSR count). The molecule has 0 saturated carbocycles. The maximum Gasteiger partial charge on any atom is 0.0991 e. The summed E-state index contributed by atoms with van der Waals surface area (Å²) < 4.78 is 7.68. The lowest BCUT2D eigenvalue weighted by Crippen LogP contribution is -2.37. The van der Waals surface area contributed by atoms with Crippen molar-refractivity contribution >= 4 is 224 Å². The molecule has 6 heterocycles. The van der Waals surface area contributed by atoms with E-state index in [0.29, 0.717) is 5.56 Å². The number of rotatable bonds is 5. The molecule has 0 saturated heterocycles. The smallest absolute Gasteiger partial charge is 0.0991 e. The van der Waals surface area contributed by atoms with Crippen LogP contribution in [0.2, 0.25) is 19.6 Å². The van der Waals surface area contributed by atoms with Gasteiger partial charge in [-0.25, -0.2) is 0 Å². The molecule has 0 atom stereocenters. The van der Waals surface area contributed by atoms with Crippen LogP contribution in [0.25, 0.3) is 256 Å². The highest BCUT2D eigenvalue weighted by Gasteiger charge is 2.28. The van der Waals surface area contributed by atoms with E-state index in [-0.39, 0.29) is 0 Å². The van der Waals surface area contributed by atoms with Gasteiger partial charge in [0.25, 0.3) is 0 Å². The second-order valence-electron chi connectivity index (χ2n) is 32.7. The van der Waals surface area contributed by atoms with Crippen molar-refractivity contribution in [3.05, 3.63) is 327 Å². The quantitative estimate of drug-likeness (QED) is 0.125. The van der Waals surface area contributed by atoms with Crippen molar-refractivity contribution in [1.82, 2.24) is 13.2 Å². The summed E-state index contributed by atoms with van der Waals surface area (Å²) in [7, 11) is -1.84. The van der Waals surface area contributed by atoms with Gasteiger partial charge in [-0.1, -0.05) is 213 Å². The minimum absolute atomic E-state index is 0.672. The van der Waals surface area contributed by atoms with Crippen molar-refractivity contribution in [2.75, 3.05) is 0 Å². The number of fused-ring (bicyclic) bond motifs is 28. The van der Waals surface area contributed by atoms with Gasteiger partial charge in [0.2, 0.25) is 0 Å². The topological polar surface area (TPSA) is 37.0 Å². The first-order valence-corrected chi connectivity index (χ1v) is 42.2. The minimum atomic E-state index is -1.84. The number of nitrogens with zero attached hydrogens (tertiary/aromatic N) is 4. The fourth-order valence-corrected chi connectivity index (χ4v) is 21.5. The molecule has 0 aliphatic carbocycles. The van der Waals surface area contributed by atoms with Crippen molar-refractivity contribution in [3.63, 3.8) is 0 Å². The highest BCUT2D eigenvalue weighted by Crippen LogP contribution is 2.50. The van der Waals surface area contributed by atoms with E-state index in [1.165, 1.54) is 245 Å². The van der Waals surface area contributed by atoms with Crippen LogP contribution in [0.15, 0.2) is 322 Å². The lowest BCUT2D eigenvalue weighted by Gasteiger charge is -2.17. The number of hydrogen-bond acceptors (Lipinski definition) is 1.